The molecule has 1 nitrogen and oxygen atoms in total. The van der Waals surface area contributed by atoms with E-state index in [1.807, 2.05) is 12.1 Å². The van der Waals surface area contributed by atoms with Crippen molar-refractivity contribution in [1.82, 2.24) is 0 Å². The zero-order valence-electron chi connectivity index (χ0n) is 6.60. The van der Waals surface area contributed by atoms with Crippen molar-refractivity contribution in [3.63, 3.8) is 0 Å². The fourth-order valence-corrected chi connectivity index (χ4v) is 1.23. The molecule has 0 aliphatic carbocycles. The Labute approximate surface area is 72.2 Å². The van der Waals surface area contributed by atoms with Gasteiger partial charge < -0.3 is 5.73 Å². The lowest BCUT2D eigenvalue weighted by molar-refractivity contribution is 1.13. The van der Waals surface area contributed by atoms with Gasteiger partial charge in [-0.05, 0) is 29.7 Å². The van der Waals surface area contributed by atoms with Gasteiger partial charge >= 0.3 is 0 Å². The van der Waals surface area contributed by atoms with E-state index >= 15 is 0 Å². The highest BCUT2D eigenvalue weighted by molar-refractivity contribution is 6.17. The molecular weight excluding hydrogens is 158 g/mol. The highest BCUT2D eigenvalue weighted by Crippen LogP contribution is 2.13. The van der Waals surface area contributed by atoms with Gasteiger partial charge in [0.15, 0.2) is 0 Å². The molecule has 11 heavy (non-hydrogen) atoms. The molecule has 2 N–H and O–H groups in total. The van der Waals surface area contributed by atoms with Gasteiger partial charge in [0.25, 0.3) is 0 Å². The quantitative estimate of drug-likeness (QED) is 0.535. The maximum Gasteiger partial charge on any atom is 0.0474 e. The number of alkyl halides is 1. The molecule has 0 aliphatic rings. The van der Waals surface area contributed by atoms with Gasteiger partial charge in [0.05, 0.1) is 0 Å². The van der Waals surface area contributed by atoms with Crippen molar-refractivity contribution in [3.05, 3.63) is 29.3 Å². The molecule has 0 aliphatic heterocycles. The summed E-state index contributed by atoms with van der Waals surface area (Å²) in [5.41, 5.74) is 8.81. The van der Waals surface area contributed by atoms with E-state index in [1.165, 1.54) is 5.56 Å². The van der Waals surface area contributed by atoms with E-state index in [1.54, 1.807) is 0 Å². The van der Waals surface area contributed by atoms with Crippen molar-refractivity contribution < 1.29 is 0 Å². The predicted molar refractivity (Wildman–Crippen MR) is 49.8 cm³/mol. The molecule has 0 fully saturated rings. The van der Waals surface area contributed by atoms with Crippen LogP contribution in [-0.4, -0.2) is 0 Å². The Kier molecular flexibility index (Phi) is 2.77. The van der Waals surface area contributed by atoms with Crippen LogP contribution in [0.2, 0.25) is 0 Å². The fourth-order valence-electron chi connectivity index (χ4n) is 1.07. The van der Waals surface area contributed by atoms with Gasteiger partial charge in [-0.15, -0.1) is 11.6 Å². The van der Waals surface area contributed by atoms with Crippen molar-refractivity contribution in [1.29, 1.82) is 0 Å². The lowest BCUT2D eigenvalue weighted by atomic mass is 10.1. The van der Waals surface area contributed by atoms with Gasteiger partial charge in [0.1, 0.15) is 0 Å². The van der Waals surface area contributed by atoms with Gasteiger partial charge in [-0.2, -0.15) is 0 Å². The van der Waals surface area contributed by atoms with Crippen LogP contribution in [0, 0.1) is 0 Å². The Morgan fingerprint density at radius 1 is 1.27 bits per heavy atom. The summed E-state index contributed by atoms with van der Waals surface area (Å²) in [4.78, 5) is 0. The highest BCUT2D eigenvalue weighted by Gasteiger charge is 1.95. The van der Waals surface area contributed by atoms with Crippen LogP contribution < -0.4 is 5.73 Å². The van der Waals surface area contributed by atoms with E-state index in [0.29, 0.717) is 5.88 Å². The molecule has 0 aromatic heterocycles. The van der Waals surface area contributed by atoms with Gasteiger partial charge in [0, 0.05) is 11.6 Å². The predicted octanol–water partition coefficient (Wildman–Crippen LogP) is 2.57. The van der Waals surface area contributed by atoms with Crippen LogP contribution in [0.4, 0.5) is 5.69 Å². The average molecular weight is 170 g/mol. The topological polar surface area (TPSA) is 26.0 Å². The molecule has 2 heteroatoms. The van der Waals surface area contributed by atoms with Crippen LogP contribution in [0.5, 0.6) is 0 Å². The second-order valence-electron chi connectivity index (χ2n) is 2.57. The molecule has 60 valence electrons. The van der Waals surface area contributed by atoms with E-state index in [-0.39, 0.29) is 0 Å². The van der Waals surface area contributed by atoms with Gasteiger partial charge in [-0.3, -0.25) is 0 Å². The molecule has 1 aromatic rings. The van der Waals surface area contributed by atoms with Crippen molar-refractivity contribution >= 4 is 17.3 Å². The number of hydrogen-bond donors (Lipinski definition) is 1. The Hall–Kier alpha value is -0.690. The zero-order valence-corrected chi connectivity index (χ0v) is 7.36. The standard InChI is InChI=1S/C9H12ClN/c1-2-7-3-8(6-10)5-9(11)4-7/h3-5H,2,6,11H2,1H3. The first-order valence-corrected chi connectivity index (χ1v) is 4.24. The Morgan fingerprint density at radius 3 is 2.45 bits per heavy atom. The van der Waals surface area contributed by atoms with Gasteiger partial charge in [-0.25, -0.2) is 0 Å². The van der Waals surface area contributed by atoms with Crippen molar-refractivity contribution in [3.8, 4) is 0 Å². The molecule has 0 bridgehead atoms. The van der Waals surface area contributed by atoms with E-state index in [2.05, 4.69) is 13.0 Å². The molecule has 0 atom stereocenters. The third-order valence-electron chi connectivity index (χ3n) is 1.64. The molecule has 1 rings (SSSR count). The normalized spacial score (nSPS) is 10.0. The highest BCUT2D eigenvalue weighted by atomic mass is 35.5. The number of anilines is 1. The molecule has 0 unspecified atom stereocenters. The number of hydrogen-bond acceptors (Lipinski definition) is 1. The monoisotopic (exact) mass is 169 g/mol. The summed E-state index contributed by atoms with van der Waals surface area (Å²) in [6.07, 6.45) is 1.01. The minimum atomic E-state index is 0.540. The van der Waals surface area contributed by atoms with Crippen LogP contribution in [0.15, 0.2) is 18.2 Å². The summed E-state index contributed by atoms with van der Waals surface area (Å²) in [7, 11) is 0. The largest absolute Gasteiger partial charge is 0.399 e. The zero-order chi connectivity index (χ0) is 8.27. The second kappa shape index (κ2) is 3.63. The minimum absolute atomic E-state index is 0.540. The fraction of sp³-hybridized carbons (Fsp3) is 0.333. The van der Waals surface area contributed by atoms with Crippen molar-refractivity contribution in [2.24, 2.45) is 0 Å². The van der Waals surface area contributed by atoms with E-state index < -0.39 is 0 Å². The molecule has 1 aromatic carbocycles. The number of halogens is 1. The first kappa shape index (κ1) is 8.41. The summed E-state index contributed by atoms with van der Waals surface area (Å²) < 4.78 is 0. The maximum absolute atomic E-state index is 5.67. The molecule has 0 spiro atoms. The molecular formula is C9H12ClN. The van der Waals surface area contributed by atoms with E-state index in [9.17, 15) is 0 Å². The Balaban J connectivity index is 3.02. The molecule has 0 saturated heterocycles. The van der Waals surface area contributed by atoms with E-state index in [0.717, 1.165) is 17.7 Å². The van der Waals surface area contributed by atoms with Crippen molar-refractivity contribution in [2.75, 3.05) is 5.73 Å². The molecule has 0 radical (unpaired) electrons. The van der Waals surface area contributed by atoms with Crippen LogP contribution in [0.25, 0.3) is 0 Å². The summed E-state index contributed by atoms with van der Waals surface area (Å²) >= 11 is 5.67. The lowest BCUT2D eigenvalue weighted by Gasteiger charge is -2.02. The van der Waals surface area contributed by atoms with Crippen LogP contribution in [0.1, 0.15) is 18.1 Å². The summed E-state index contributed by atoms with van der Waals surface area (Å²) in [6, 6.07) is 5.98. The lowest BCUT2D eigenvalue weighted by Crippen LogP contribution is -1.90. The average Bonchev–Trinajstić information content (AvgIpc) is 2.03. The van der Waals surface area contributed by atoms with Gasteiger partial charge in [0.2, 0.25) is 0 Å². The smallest absolute Gasteiger partial charge is 0.0474 e. The number of nitrogen functional groups attached to an aromatic ring is 1. The maximum atomic E-state index is 5.67. The number of benzene rings is 1. The Bertz CT molecular complexity index is 223. The summed E-state index contributed by atoms with van der Waals surface area (Å²) in [5.74, 6) is 0.540. The van der Waals surface area contributed by atoms with Crippen LogP contribution in [0.3, 0.4) is 0 Å². The first-order valence-electron chi connectivity index (χ1n) is 3.70. The van der Waals surface area contributed by atoms with Crippen LogP contribution >= 0.6 is 11.6 Å². The Morgan fingerprint density at radius 2 is 1.91 bits per heavy atom. The number of aryl methyl sites for hydroxylation is 1. The minimum Gasteiger partial charge on any atom is -0.399 e. The number of rotatable bonds is 2. The molecule has 0 amide bonds. The molecule has 0 heterocycles. The first-order chi connectivity index (χ1) is 5.26. The van der Waals surface area contributed by atoms with E-state index in [4.69, 9.17) is 17.3 Å². The van der Waals surface area contributed by atoms with Crippen LogP contribution in [-0.2, 0) is 12.3 Å². The summed E-state index contributed by atoms with van der Waals surface area (Å²) in [5, 5.41) is 0. The second-order valence-corrected chi connectivity index (χ2v) is 2.84. The van der Waals surface area contributed by atoms with Gasteiger partial charge in [-0.1, -0.05) is 13.0 Å². The SMILES string of the molecule is CCc1cc(N)cc(CCl)c1. The number of nitrogens with two attached hydrogens (primary N) is 1. The third kappa shape index (κ3) is 2.12. The molecule has 0 saturated carbocycles. The van der Waals surface area contributed by atoms with Crippen molar-refractivity contribution in [2.45, 2.75) is 19.2 Å². The third-order valence-corrected chi connectivity index (χ3v) is 1.95. The summed E-state index contributed by atoms with van der Waals surface area (Å²) in [6.45, 7) is 2.10.